The van der Waals surface area contributed by atoms with Crippen LogP contribution in [-0.2, 0) is 17.5 Å². The Hall–Kier alpha value is -2.97. The van der Waals surface area contributed by atoms with Crippen LogP contribution in [0.5, 0.6) is 11.5 Å². The number of benzene rings is 1. The van der Waals surface area contributed by atoms with E-state index in [-0.39, 0.29) is 5.92 Å². The zero-order valence-electron chi connectivity index (χ0n) is 16.0. The average Bonchev–Trinajstić information content (AvgIpc) is 2.66. The molecule has 1 aliphatic heterocycles. The van der Waals surface area contributed by atoms with Crippen LogP contribution in [0.15, 0.2) is 41.3 Å². The van der Waals surface area contributed by atoms with Gasteiger partial charge in [-0.1, -0.05) is 19.9 Å². The van der Waals surface area contributed by atoms with E-state index in [1.807, 2.05) is 13.8 Å². The molecule has 0 aliphatic carbocycles. The van der Waals surface area contributed by atoms with Crippen LogP contribution in [0.4, 0.5) is 13.2 Å². The van der Waals surface area contributed by atoms with Crippen molar-refractivity contribution >= 4 is 5.91 Å². The normalized spacial score (nSPS) is 14.6. The van der Waals surface area contributed by atoms with Crippen molar-refractivity contribution in [3.05, 3.63) is 58.0 Å². The highest BCUT2D eigenvalue weighted by Gasteiger charge is 2.34. The Balaban J connectivity index is 1.79. The lowest BCUT2D eigenvalue weighted by Crippen LogP contribution is -2.37. The summed E-state index contributed by atoms with van der Waals surface area (Å²) in [5.41, 5.74) is -1.79. The summed E-state index contributed by atoms with van der Waals surface area (Å²) in [6, 6.07) is 6.70. The van der Waals surface area contributed by atoms with Crippen LogP contribution in [0.2, 0.25) is 0 Å². The molecule has 29 heavy (non-hydrogen) atoms. The quantitative estimate of drug-likeness (QED) is 0.822. The number of carbonyl (C=O) groups excluding carboxylic acids is 1. The molecular formula is C20H21F3N2O4. The number of carbonyl (C=O) groups is 1. The summed E-state index contributed by atoms with van der Waals surface area (Å²) in [5.74, 6) is 0.604. The molecule has 0 saturated carbocycles. The van der Waals surface area contributed by atoms with E-state index in [2.05, 4.69) is 5.32 Å². The van der Waals surface area contributed by atoms with Gasteiger partial charge in [0.25, 0.3) is 5.56 Å². The smallest absolute Gasteiger partial charge is 0.421 e. The molecule has 1 atom stereocenters. The van der Waals surface area contributed by atoms with E-state index in [9.17, 15) is 22.8 Å². The number of fused-ring (bicyclic) bond motifs is 1. The minimum Gasteiger partial charge on any atom is -0.486 e. The monoisotopic (exact) mass is 410 g/mol. The van der Waals surface area contributed by atoms with Crippen molar-refractivity contribution in [3.63, 3.8) is 0 Å². The molecule has 1 aromatic heterocycles. The number of hydrogen-bond acceptors (Lipinski definition) is 4. The van der Waals surface area contributed by atoms with Gasteiger partial charge in [0, 0.05) is 6.20 Å². The summed E-state index contributed by atoms with van der Waals surface area (Å²) < 4.78 is 50.5. The van der Waals surface area contributed by atoms with Crippen molar-refractivity contribution in [1.29, 1.82) is 0 Å². The molecular weight excluding hydrogens is 389 g/mol. The van der Waals surface area contributed by atoms with Gasteiger partial charge in [-0.15, -0.1) is 0 Å². The van der Waals surface area contributed by atoms with Gasteiger partial charge in [0.1, 0.15) is 25.3 Å². The fourth-order valence-electron chi connectivity index (χ4n) is 3.14. The standard InChI is InChI=1S/C20H21F3N2O4/c1-12(2)18(13-5-6-15-16(10-13)29-9-8-28-15)24-17(26)11-25-7-3-4-14(19(25)27)20(21,22)23/h3-7,10,12,18H,8-9,11H2,1-2H3,(H,24,26). The molecule has 0 bridgehead atoms. The van der Waals surface area contributed by atoms with Gasteiger partial charge in [-0.25, -0.2) is 0 Å². The molecule has 2 heterocycles. The zero-order valence-corrected chi connectivity index (χ0v) is 16.0. The van der Waals surface area contributed by atoms with Crippen LogP contribution in [0.25, 0.3) is 0 Å². The summed E-state index contributed by atoms with van der Waals surface area (Å²) >= 11 is 0. The lowest BCUT2D eigenvalue weighted by molar-refractivity contribution is -0.139. The Morgan fingerprint density at radius 3 is 2.52 bits per heavy atom. The van der Waals surface area contributed by atoms with Crippen LogP contribution in [0.1, 0.15) is 31.0 Å². The second-order valence-electron chi connectivity index (χ2n) is 7.04. The molecule has 1 N–H and O–H groups in total. The lowest BCUT2D eigenvalue weighted by Gasteiger charge is -2.25. The maximum absolute atomic E-state index is 12.9. The summed E-state index contributed by atoms with van der Waals surface area (Å²) in [6.07, 6.45) is -3.62. The number of rotatable bonds is 5. The number of amides is 1. The van der Waals surface area contributed by atoms with Crippen LogP contribution in [-0.4, -0.2) is 23.7 Å². The molecule has 6 nitrogen and oxygen atoms in total. The molecule has 0 spiro atoms. The van der Waals surface area contributed by atoms with Crippen molar-refractivity contribution < 1.29 is 27.4 Å². The lowest BCUT2D eigenvalue weighted by atomic mass is 9.95. The number of halogens is 3. The molecule has 9 heteroatoms. The molecule has 0 radical (unpaired) electrons. The topological polar surface area (TPSA) is 69.6 Å². The maximum atomic E-state index is 12.9. The maximum Gasteiger partial charge on any atom is 0.421 e. The van der Waals surface area contributed by atoms with E-state index >= 15 is 0 Å². The zero-order chi connectivity index (χ0) is 21.2. The Kier molecular flexibility index (Phi) is 5.86. The van der Waals surface area contributed by atoms with E-state index in [1.54, 1.807) is 18.2 Å². The van der Waals surface area contributed by atoms with Crippen molar-refractivity contribution in [2.24, 2.45) is 5.92 Å². The molecule has 2 aromatic rings. The van der Waals surface area contributed by atoms with E-state index in [0.29, 0.717) is 30.8 Å². The average molecular weight is 410 g/mol. The van der Waals surface area contributed by atoms with Gasteiger partial charge in [-0.2, -0.15) is 13.2 Å². The fraction of sp³-hybridized carbons (Fsp3) is 0.400. The highest BCUT2D eigenvalue weighted by atomic mass is 19.4. The van der Waals surface area contributed by atoms with Gasteiger partial charge in [-0.05, 0) is 35.7 Å². The molecule has 0 saturated heterocycles. The third-order valence-electron chi connectivity index (χ3n) is 4.55. The first-order chi connectivity index (χ1) is 13.7. The Labute approximate surface area is 165 Å². The summed E-state index contributed by atoms with van der Waals surface area (Å²) in [4.78, 5) is 24.5. The number of hydrogen-bond donors (Lipinski definition) is 1. The van der Waals surface area contributed by atoms with Crippen molar-refractivity contribution in [2.75, 3.05) is 13.2 Å². The first-order valence-corrected chi connectivity index (χ1v) is 9.12. The summed E-state index contributed by atoms with van der Waals surface area (Å²) in [6.45, 7) is 4.17. The van der Waals surface area contributed by atoms with Gasteiger partial charge in [0.2, 0.25) is 5.91 Å². The number of ether oxygens (including phenoxy) is 2. The van der Waals surface area contributed by atoms with Crippen LogP contribution >= 0.6 is 0 Å². The Morgan fingerprint density at radius 2 is 1.86 bits per heavy atom. The number of nitrogens with one attached hydrogen (secondary N) is 1. The van der Waals surface area contributed by atoms with Gasteiger partial charge < -0.3 is 19.4 Å². The molecule has 1 amide bonds. The van der Waals surface area contributed by atoms with E-state index in [0.717, 1.165) is 22.4 Å². The largest absolute Gasteiger partial charge is 0.486 e. The van der Waals surface area contributed by atoms with Crippen LogP contribution < -0.4 is 20.3 Å². The minimum absolute atomic E-state index is 0.0141. The molecule has 1 aliphatic rings. The SMILES string of the molecule is CC(C)C(NC(=O)Cn1cccc(C(F)(F)F)c1=O)c1ccc2c(c1)OCCO2. The third-order valence-corrected chi connectivity index (χ3v) is 4.55. The van der Waals surface area contributed by atoms with Crippen molar-refractivity contribution in [3.8, 4) is 11.5 Å². The summed E-state index contributed by atoms with van der Waals surface area (Å²) in [5, 5.41) is 2.80. The van der Waals surface area contributed by atoms with Crippen molar-refractivity contribution in [2.45, 2.75) is 32.6 Å². The molecule has 1 unspecified atom stereocenters. The number of pyridine rings is 1. The Bertz CT molecular complexity index is 953. The highest BCUT2D eigenvalue weighted by Crippen LogP contribution is 2.34. The number of alkyl halides is 3. The second kappa shape index (κ2) is 8.18. The summed E-state index contributed by atoms with van der Waals surface area (Å²) in [7, 11) is 0. The third kappa shape index (κ3) is 4.72. The van der Waals surface area contributed by atoms with Gasteiger partial charge in [-0.3, -0.25) is 9.59 Å². The van der Waals surface area contributed by atoms with E-state index < -0.39 is 35.8 Å². The highest BCUT2D eigenvalue weighted by molar-refractivity contribution is 5.76. The molecule has 156 valence electrons. The number of nitrogens with zero attached hydrogens (tertiary/aromatic N) is 1. The van der Waals surface area contributed by atoms with Crippen LogP contribution in [0.3, 0.4) is 0 Å². The fourth-order valence-corrected chi connectivity index (χ4v) is 3.14. The Morgan fingerprint density at radius 1 is 1.17 bits per heavy atom. The van der Waals surface area contributed by atoms with Gasteiger partial charge >= 0.3 is 6.18 Å². The second-order valence-corrected chi connectivity index (χ2v) is 7.04. The molecule has 0 fully saturated rings. The van der Waals surface area contributed by atoms with Crippen LogP contribution in [0, 0.1) is 5.92 Å². The first-order valence-electron chi connectivity index (χ1n) is 9.12. The predicted octanol–water partition coefficient (Wildman–Crippen LogP) is 3.15. The minimum atomic E-state index is -4.78. The van der Waals surface area contributed by atoms with Gasteiger partial charge in [0.05, 0.1) is 6.04 Å². The van der Waals surface area contributed by atoms with Crippen molar-refractivity contribution in [1.82, 2.24) is 9.88 Å². The number of aromatic nitrogens is 1. The molecule has 1 aromatic carbocycles. The molecule has 3 rings (SSSR count). The van der Waals surface area contributed by atoms with Gasteiger partial charge in [0.15, 0.2) is 11.5 Å². The van der Waals surface area contributed by atoms with E-state index in [4.69, 9.17) is 9.47 Å². The first kappa shape index (κ1) is 20.8. The van der Waals surface area contributed by atoms with E-state index in [1.165, 1.54) is 0 Å². The predicted molar refractivity (Wildman–Crippen MR) is 98.9 cm³/mol.